The van der Waals surface area contributed by atoms with Crippen LogP contribution in [0.4, 0.5) is 4.79 Å². The van der Waals surface area contributed by atoms with E-state index in [1.165, 1.54) is 7.11 Å². The van der Waals surface area contributed by atoms with Gasteiger partial charge in [0.1, 0.15) is 12.6 Å². The van der Waals surface area contributed by atoms with E-state index in [1.54, 1.807) is 4.90 Å². The van der Waals surface area contributed by atoms with Crippen LogP contribution in [0.1, 0.15) is 5.56 Å². The van der Waals surface area contributed by atoms with Crippen LogP contribution in [0, 0.1) is 0 Å². The Balaban J connectivity index is 1.58. The van der Waals surface area contributed by atoms with Crippen molar-refractivity contribution in [2.45, 2.75) is 18.7 Å². The molecule has 2 aliphatic rings. The minimum atomic E-state index is -0.470. The average molecular weight is 334 g/mol. The fourth-order valence-electron chi connectivity index (χ4n) is 2.97. The number of amides is 1. The van der Waals surface area contributed by atoms with Gasteiger partial charge in [0.15, 0.2) is 0 Å². The Morgan fingerprint density at radius 1 is 1.21 bits per heavy atom. The van der Waals surface area contributed by atoms with Crippen molar-refractivity contribution in [1.29, 1.82) is 0 Å². The molecule has 7 heteroatoms. The van der Waals surface area contributed by atoms with Gasteiger partial charge in [0.2, 0.25) is 0 Å². The minimum Gasteiger partial charge on any atom is -0.468 e. The summed E-state index contributed by atoms with van der Waals surface area (Å²) in [4.78, 5) is 28.0. The van der Waals surface area contributed by atoms with Gasteiger partial charge in [0, 0.05) is 13.1 Å². The minimum absolute atomic E-state index is 0.219. The van der Waals surface area contributed by atoms with Crippen LogP contribution in [0.5, 0.6) is 0 Å². The van der Waals surface area contributed by atoms with Crippen molar-refractivity contribution in [3.8, 4) is 0 Å². The molecule has 0 bridgehead atoms. The first-order chi connectivity index (χ1) is 11.7. The number of ether oxygens (including phenoxy) is 3. The van der Waals surface area contributed by atoms with Crippen molar-refractivity contribution in [3.05, 3.63) is 35.9 Å². The molecule has 2 aliphatic heterocycles. The van der Waals surface area contributed by atoms with Crippen molar-refractivity contribution in [1.82, 2.24) is 9.80 Å². The number of carbonyl (C=O) groups is 2. The second-order valence-corrected chi connectivity index (χ2v) is 5.95. The lowest BCUT2D eigenvalue weighted by Gasteiger charge is -2.45. The number of esters is 1. The third kappa shape index (κ3) is 3.68. The maximum Gasteiger partial charge on any atom is 0.410 e. The smallest absolute Gasteiger partial charge is 0.410 e. The summed E-state index contributed by atoms with van der Waals surface area (Å²) in [5.74, 6) is -0.331. The molecule has 2 fully saturated rings. The van der Waals surface area contributed by atoms with E-state index in [9.17, 15) is 9.59 Å². The SMILES string of the molecule is COC(=O)C1CN(C(=O)OCc2ccccc2)CCN1C1COC1. The monoisotopic (exact) mass is 334 g/mol. The quantitative estimate of drug-likeness (QED) is 0.762. The lowest BCUT2D eigenvalue weighted by Crippen LogP contribution is -2.64. The Morgan fingerprint density at radius 2 is 1.96 bits per heavy atom. The van der Waals surface area contributed by atoms with Crippen LogP contribution in [-0.4, -0.2) is 73.9 Å². The fourth-order valence-corrected chi connectivity index (χ4v) is 2.97. The second-order valence-electron chi connectivity index (χ2n) is 5.95. The van der Waals surface area contributed by atoms with Gasteiger partial charge in [-0.05, 0) is 5.56 Å². The van der Waals surface area contributed by atoms with Crippen LogP contribution in [0.3, 0.4) is 0 Å². The van der Waals surface area contributed by atoms with E-state index in [0.29, 0.717) is 26.3 Å². The van der Waals surface area contributed by atoms with Gasteiger partial charge in [-0.25, -0.2) is 4.79 Å². The zero-order valence-corrected chi connectivity index (χ0v) is 13.7. The summed E-state index contributed by atoms with van der Waals surface area (Å²) in [5, 5.41) is 0. The highest BCUT2D eigenvalue weighted by molar-refractivity contribution is 5.77. The van der Waals surface area contributed by atoms with E-state index >= 15 is 0 Å². The van der Waals surface area contributed by atoms with E-state index in [-0.39, 0.29) is 25.2 Å². The molecule has 0 aliphatic carbocycles. The molecule has 2 saturated heterocycles. The zero-order chi connectivity index (χ0) is 16.9. The Labute approximate surface area is 141 Å². The summed E-state index contributed by atoms with van der Waals surface area (Å²) in [6.07, 6.45) is -0.405. The average Bonchev–Trinajstić information content (AvgIpc) is 2.58. The number of hydrogen-bond donors (Lipinski definition) is 0. The van der Waals surface area contributed by atoms with Gasteiger partial charge in [-0.3, -0.25) is 9.69 Å². The summed E-state index contributed by atoms with van der Waals surface area (Å²) in [6, 6.07) is 9.26. The summed E-state index contributed by atoms with van der Waals surface area (Å²) < 4.78 is 15.5. The predicted molar refractivity (Wildman–Crippen MR) is 85.3 cm³/mol. The van der Waals surface area contributed by atoms with Gasteiger partial charge >= 0.3 is 12.1 Å². The highest BCUT2D eigenvalue weighted by Gasteiger charge is 2.41. The third-order valence-corrected chi connectivity index (χ3v) is 4.45. The molecule has 0 aromatic heterocycles. The maximum atomic E-state index is 12.3. The lowest BCUT2D eigenvalue weighted by atomic mass is 10.1. The topological polar surface area (TPSA) is 68.3 Å². The zero-order valence-electron chi connectivity index (χ0n) is 13.7. The van der Waals surface area contributed by atoms with Crippen molar-refractivity contribution in [3.63, 3.8) is 0 Å². The molecule has 0 saturated carbocycles. The summed E-state index contributed by atoms with van der Waals surface area (Å²) >= 11 is 0. The van der Waals surface area contributed by atoms with E-state index in [4.69, 9.17) is 14.2 Å². The summed E-state index contributed by atoms with van der Waals surface area (Å²) in [5.41, 5.74) is 0.931. The van der Waals surface area contributed by atoms with E-state index in [0.717, 1.165) is 5.56 Å². The number of piperazine rings is 1. The highest BCUT2D eigenvalue weighted by atomic mass is 16.6. The van der Waals surface area contributed by atoms with Gasteiger partial charge in [0.05, 0.1) is 32.9 Å². The first-order valence-corrected chi connectivity index (χ1v) is 8.06. The predicted octanol–water partition coefficient (Wildman–Crippen LogP) is 0.881. The molecular formula is C17H22N2O5. The Hall–Kier alpha value is -2.12. The highest BCUT2D eigenvalue weighted by Crippen LogP contribution is 2.20. The van der Waals surface area contributed by atoms with Gasteiger partial charge in [-0.2, -0.15) is 0 Å². The normalized spacial score (nSPS) is 21.9. The molecule has 1 aromatic rings. The van der Waals surface area contributed by atoms with Gasteiger partial charge in [-0.1, -0.05) is 30.3 Å². The van der Waals surface area contributed by atoms with Crippen LogP contribution >= 0.6 is 0 Å². The standard InChI is InChI=1S/C17H22N2O5/c1-22-16(20)15-9-18(7-8-19(15)14-11-23-12-14)17(21)24-10-13-5-3-2-4-6-13/h2-6,14-15H,7-12H2,1H3. The largest absolute Gasteiger partial charge is 0.468 e. The molecule has 3 rings (SSSR count). The van der Waals surface area contributed by atoms with Gasteiger partial charge in [0.25, 0.3) is 0 Å². The molecule has 0 radical (unpaired) electrons. The lowest BCUT2D eigenvalue weighted by molar-refractivity contribution is -0.157. The van der Waals surface area contributed by atoms with E-state index in [1.807, 2.05) is 30.3 Å². The van der Waals surface area contributed by atoms with Gasteiger partial charge < -0.3 is 19.1 Å². The van der Waals surface area contributed by atoms with Crippen LogP contribution in [-0.2, 0) is 25.6 Å². The fraction of sp³-hybridized carbons (Fsp3) is 0.529. The number of carbonyl (C=O) groups excluding carboxylic acids is 2. The van der Waals surface area contributed by atoms with Gasteiger partial charge in [-0.15, -0.1) is 0 Å². The van der Waals surface area contributed by atoms with Crippen LogP contribution < -0.4 is 0 Å². The number of rotatable bonds is 4. The van der Waals surface area contributed by atoms with E-state index < -0.39 is 12.1 Å². The Kier molecular flexibility index (Phi) is 5.32. The molecule has 130 valence electrons. The molecule has 1 atom stereocenters. The molecule has 2 heterocycles. The summed E-state index contributed by atoms with van der Waals surface area (Å²) in [6.45, 7) is 2.86. The summed E-state index contributed by atoms with van der Waals surface area (Å²) in [7, 11) is 1.37. The maximum absolute atomic E-state index is 12.3. The molecule has 1 unspecified atom stereocenters. The Morgan fingerprint density at radius 3 is 2.58 bits per heavy atom. The van der Waals surface area contributed by atoms with E-state index in [2.05, 4.69) is 4.90 Å². The molecule has 0 N–H and O–H groups in total. The second kappa shape index (κ2) is 7.63. The molecule has 1 aromatic carbocycles. The van der Waals surface area contributed by atoms with Crippen LogP contribution in [0.25, 0.3) is 0 Å². The van der Waals surface area contributed by atoms with Crippen LogP contribution in [0.15, 0.2) is 30.3 Å². The Bertz CT molecular complexity index is 576. The van der Waals surface area contributed by atoms with Crippen LogP contribution in [0.2, 0.25) is 0 Å². The number of benzene rings is 1. The molecule has 24 heavy (non-hydrogen) atoms. The van der Waals surface area contributed by atoms with Crippen molar-refractivity contribution < 1.29 is 23.8 Å². The third-order valence-electron chi connectivity index (χ3n) is 4.45. The van der Waals surface area contributed by atoms with Crippen molar-refractivity contribution in [2.24, 2.45) is 0 Å². The van der Waals surface area contributed by atoms with Crippen molar-refractivity contribution in [2.75, 3.05) is 40.0 Å². The van der Waals surface area contributed by atoms with Crippen molar-refractivity contribution >= 4 is 12.1 Å². The molecule has 7 nitrogen and oxygen atoms in total. The number of hydrogen-bond acceptors (Lipinski definition) is 6. The number of nitrogens with zero attached hydrogens (tertiary/aromatic N) is 2. The first kappa shape index (κ1) is 16.7. The molecule has 1 amide bonds. The number of methoxy groups -OCH3 is 1. The first-order valence-electron chi connectivity index (χ1n) is 8.06. The molecular weight excluding hydrogens is 312 g/mol. The molecule has 0 spiro atoms.